The number of rotatable bonds is 5. The molecule has 0 saturated carbocycles. The minimum atomic E-state index is -0.131. The van der Waals surface area contributed by atoms with E-state index < -0.39 is 0 Å². The number of nitrogens with one attached hydrogen (secondary N) is 2. The Kier molecular flexibility index (Phi) is 4.04. The van der Waals surface area contributed by atoms with Crippen LogP contribution in [0.5, 0.6) is 0 Å². The van der Waals surface area contributed by atoms with Gasteiger partial charge in [-0.15, -0.1) is 0 Å². The number of halogens is 1. The minimum absolute atomic E-state index is 0.131. The highest BCUT2D eigenvalue weighted by molar-refractivity contribution is 6.35. The molecule has 2 rings (SSSR count). The molecule has 2 aromatic rings. The fourth-order valence-electron chi connectivity index (χ4n) is 2.19. The molecule has 1 heterocycles. The summed E-state index contributed by atoms with van der Waals surface area (Å²) in [7, 11) is 1.82. The van der Waals surface area contributed by atoms with Crippen LogP contribution >= 0.6 is 11.6 Å². The molecule has 0 fully saturated rings. The number of benzene rings is 1. The van der Waals surface area contributed by atoms with Gasteiger partial charge in [-0.1, -0.05) is 30.7 Å². The Hall–Kier alpha value is -1.32. The van der Waals surface area contributed by atoms with Gasteiger partial charge in [-0.3, -0.25) is 4.79 Å². The highest BCUT2D eigenvalue weighted by Gasteiger charge is 2.17. The molecule has 0 aliphatic carbocycles. The molecule has 0 aliphatic rings. The van der Waals surface area contributed by atoms with Crippen molar-refractivity contribution < 1.29 is 4.79 Å². The third-order valence-electron chi connectivity index (χ3n) is 3.26. The van der Waals surface area contributed by atoms with Crippen LogP contribution in [0.4, 0.5) is 0 Å². The van der Waals surface area contributed by atoms with Crippen molar-refractivity contribution in [3.05, 3.63) is 35.0 Å². The van der Waals surface area contributed by atoms with Gasteiger partial charge in [0.1, 0.15) is 5.78 Å². The molecule has 96 valence electrons. The second-order valence-electron chi connectivity index (χ2n) is 4.34. The number of Topliss-reactive ketones (excluding diaryl/α,β-unsaturated/α-hetero) is 1. The number of carbonyl (C=O) groups excluding carboxylic acids is 1. The van der Waals surface area contributed by atoms with E-state index in [0.717, 1.165) is 16.5 Å². The van der Waals surface area contributed by atoms with Crippen molar-refractivity contribution in [1.29, 1.82) is 0 Å². The number of hydrogen-bond donors (Lipinski definition) is 2. The highest BCUT2D eigenvalue weighted by Crippen LogP contribution is 2.26. The Morgan fingerprint density at radius 2 is 2.28 bits per heavy atom. The molecule has 1 aromatic heterocycles. The number of para-hydroxylation sites is 1. The van der Waals surface area contributed by atoms with E-state index in [1.807, 2.05) is 38.4 Å². The van der Waals surface area contributed by atoms with Crippen LogP contribution in [0, 0.1) is 0 Å². The molecule has 0 aliphatic heterocycles. The van der Waals surface area contributed by atoms with E-state index in [2.05, 4.69) is 10.3 Å². The Morgan fingerprint density at radius 1 is 1.50 bits per heavy atom. The number of H-pyrrole nitrogens is 1. The number of aromatic nitrogens is 1. The molecule has 3 nitrogen and oxygen atoms in total. The Bertz CT molecular complexity index is 562. The zero-order chi connectivity index (χ0) is 13.1. The van der Waals surface area contributed by atoms with Gasteiger partial charge in [0.25, 0.3) is 0 Å². The first kappa shape index (κ1) is 13.1. The normalized spacial score (nSPS) is 12.8. The predicted octanol–water partition coefficient (Wildman–Crippen LogP) is 2.93. The number of aromatic amines is 1. The molecule has 18 heavy (non-hydrogen) atoms. The number of carbonyl (C=O) groups is 1. The summed E-state index contributed by atoms with van der Waals surface area (Å²) in [6.07, 6.45) is 3.17. The van der Waals surface area contributed by atoms with E-state index in [4.69, 9.17) is 11.6 Å². The quantitative estimate of drug-likeness (QED) is 0.872. The van der Waals surface area contributed by atoms with Crippen LogP contribution in [0.25, 0.3) is 10.9 Å². The van der Waals surface area contributed by atoms with E-state index in [1.54, 1.807) is 0 Å². The highest BCUT2D eigenvalue weighted by atomic mass is 35.5. The summed E-state index contributed by atoms with van der Waals surface area (Å²) >= 11 is 6.12. The molecular formula is C14H17ClN2O. The fraction of sp³-hybridized carbons (Fsp3) is 0.357. The predicted molar refractivity (Wildman–Crippen MR) is 75.2 cm³/mol. The molecule has 4 heteroatoms. The second kappa shape index (κ2) is 5.55. The zero-order valence-electron chi connectivity index (χ0n) is 10.6. The van der Waals surface area contributed by atoms with E-state index in [1.165, 1.54) is 0 Å². The lowest BCUT2D eigenvalue weighted by Crippen LogP contribution is -2.35. The third-order valence-corrected chi connectivity index (χ3v) is 3.57. The lowest BCUT2D eigenvalue weighted by molar-refractivity contribution is -0.120. The minimum Gasteiger partial charge on any atom is -0.360 e. The standard InChI is InChI=1S/C14H17ClN2O/c1-3-13(18)12(16-2)7-9-8-17-14-10(9)5-4-6-11(14)15/h4-6,8,12,16-17H,3,7H2,1-2H3. The van der Waals surface area contributed by atoms with E-state index in [0.29, 0.717) is 17.9 Å². The van der Waals surface area contributed by atoms with Crippen molar-refractivity contribution in [2.45, 2.75) is 25.8 Å². The largest absolute Gasteiger partial charge is 0.360 e. The molecule has 1 atom stereocenters. The molecular weight excluding hydrogens is 248 g/mol. The molecule has 0 radical (unpaired) electrons. The number of fused-ring (bicyclic) bond motifs is 1. The van der Waals surface area contributed by atoms with Crippen molar-refractivity contribution >= 4 is 28.3 Å². The van der Waals surface area contributed by atoms with Gasteiger partial charge < -0.3 is 10.3 Å². The van der Waals surface area contributed by atoms with Gasteiger partial charge >= 0.3 is 0 Å². The van der Waals surface area contributed by atoms with Gasteiger partial charge in [0, 0.05) is 18.0 Å². The monoisotopic (exact) mass is 264 g/mol. The van der Waals surface area contributed by atoms with Crippen LogP contribution in [0.1, 0.15) is 18.9 Å². The first-order valence-corrected chi connectivity index (χ1v) is 6.49. The molecule has 2 N–H and O–H groups in total. The van der Waals surface area contributed by atoms with Gasteiger partial charge in [0.2, 0.25) is 0 Å². The third kappa shape index (κ3) is 2.42. The van der Waals surface area contributed by atoms with Crippen molar-refractivity contribution in [3.8, 4) is 0 Å². The van der Waals surface area contributed by atoms with Gasteiger partial charge in [0.15, 0.2) is 0 Å². The second-order valence-corrected chi connectivity index (χ2v) is 4.75. The molecule has 0 spiro atoms. The van der Waals surface area contributed by atoms with Gasteiger partial charge in [-0.2, -0.15) is 0 Å². The Labute approximate surface area is 112 Å². The van der Waals surface area contributed by atoms with Crippen LogP contribution in [0.15, 0.2) is 24.4 Å². The van der Waals surface area contributed by atoms with Crippen LogP contribution in [0.2, 0.25) is 5.02 Å². The molecule has 0 bridgehead atoms. The lowest BCUT2D eigenvalue weighted by Gasteiger charge is -2.13. The van der Waals surface area contributed by atoms with Crippen molar-refractivity contribution in [1.82, 2.24) is 10.3 Å². The summed E-state index contributed by atoms with van der Waals surface area (Å²) in [6.45, 7) is 1.89. The van der Waals surface area contributed by atoms with Crippen LogP contribution < -0.4 is 5.32 Å². The van der Waals surface area contributed by atoms with Crippen molar-refractivity contribution in [3.63, 3.8) is 0 Å². The van der Waals surface area contributed by atoms with Crippen molar-refractivity contribution in [2.75, 3.05) is 7.05 Å². The summed E-state index contributed by atoms with van der Waals surface area (Å²) in [6, 6.07) is 5.68. The maximum Gasteiger partial charge on any atom is 0.149 e. The topological polar surface area (TPSA) is 44.9 Å². The van der Waals surface area contributed by atoms with E-state index >= 15 is 0 Å². The first-order chi connectivity index (χ1) is 8.67. The number of likely N-dealkylation sites (N-methyl/N-ethyl adjacent to an activating group) is 1. The maximum absolute atomic E-state index is 11.8. The van der Waals surface area contributed by atoms with Crippen molar-refractivity contribution in [2.24, 2.45) is 0 Å². The lowest BCUT2D eigenvalue weighted by atomic mass is 10.0. The van der Waals surface area contributed by atoms with Crippen LogP contribution in [-0.2, 0) is 11.2 Å². The fourth-order valence-corrected chi connectivity index (χ4v) is 2.42. The average Bonchev–Trinajstić information content (AvgIpc) is 2.79. The van der Waals surface area contributed by atoms with Gasteiger partial charge in [0.05, 0.1) is 16.6 Å². The SMILES string of the molecule is CCC(=O)C(Cc1c[nH]c2c(Cl)cccc12)NC. The van der Waals surface area contributed by atoms with Gasteiger partial charge in [-0.05, 0) is 25.1 Å². The molecule has 0 saturated heterocycles. The van der Waals surface area contributed by atoms with E-state index in [-0.39, 0.29) is 11.8 Å². The Morgan fingerprint density at radius 3 is 2.94 bits per heavy atom. The summed E-state index contributed by atoms with van der Waals surface area (Å²) in [5.41, 5.74) is 2.06. The summed E-state index contributed by atoms with van der Waals surface area (Å²) < 4.78 is 0. The smallest absolute Gasteiger partial charge is 0.149 e. The summed E-state index contributed by atoms with van der Waals surface area (Å²) in [5.74, 6) is 0.230. The average molecular weight is 265 g/mol. The summed E-state index contributed by atoms with van der Waals surface area (Å²) in [5, 5.41) is 4.87. The summed E-state index contributed by atoms with van der Waals surface area (Å²) in [4.78, 5) is 14.9. The first-order valence-electron chi connectivity index (χ1n) is 6.11. The van der Waals surface area contributed by atoms with E-state index in [9.17, 15) is 4.79 Å². The number of hydrogen-bond acceptors (Lipinski definition) is 2. The zero-order valence-corrected chi connectivity index (χ0v) is 11.3. The molecule has 1 aromatic carbocycles. The Balaban J connectivity index is 2.32. The molecule has 0 amide bonds. The van der Waals surface area contributed by atoms with Crippen LogP contribution in [0.3, 0.4) is 0 Å². The number of ketones is 1. The maximum atomic E-state index is 11.8. The van der Waals surface area contributed by atoms with Crippen LogP contribution in [-0.4, -0.2) is 23.9 Å². The molecule has 1 unspecified atom stereocenters. The van der Waals surface area contributed by atoms with Gasteiger partial charge in [-0.25, -0.2) is 0 Å².